The fraction of sp³-hybridized carbons (Fsp3) is 0.562. The molecule has 0 radical (unpaired) electrons. The maximum absolute atomic E-state index is 12.4. The minimum absolute atomic E-state index is 0.0323. The molecule has 20 heavy (non-hydrogen) atoms. The third kappa shape index (κ3) is 3.97. The molecule has 0 aromatic heterocycles. The van der Waals surface area contributed by atoms with Gasteiger partial charge in [-0.2, -0.15) is 0 Å². The van der Waals surface area contributed by atoms with Crippen molar-refractivity contribution in [1.82, 2.24) is 5.32 Å². The highest BCUT2D eigenvalue weighted by Crippen LogP contribution is 2.20. The van der Waals surface area contributed by atoms with Gasteiger partial charge in [0.15, 0.2) is 0 Å². The summed E-state index contributed by atoms with van der Waals surface area (Å²) in [6.45, 7) is 4.11. The van der Waals surface area contributed by atoms with Crippen molar-refractivity contribution in [2.75, 3.05) is 5.32 Å². The molecular formula is C16H24N2O2. The Balaban J connectivity index is 2.01. The van der Waals surface area contributed by atoms with E-state index in [4.69, 9.17) is 0 Å². The predicted octanol–water partition coefficient (Wildman–Crippen LogP) is 2.54. The second-order valence-electron chi connectivity index (χ2n) is 5.82. The Labute approximate surface area is 120 Å². The smallest absolute Gasteiger partial charge is 0.253 e. The number of aliphatic hydroxyl groups is 1. The molecule has 2 rings (SSSR count). The average Bonchev–Trinajstić information content (AvgIpc) is 2.41. The molecule has 0 saturated heterocycles. The number of benzene rings is 1. The molecule has 1 amide bonds. The lowest BCUT2D eigenvalue weighted by Gasteiger charge is -2.26. The number of hydrogen-bond donors (Lipinski definition) is 3. The van der Waals surface area contributed by atoms with Crippen LogP contribution in [0.15, 0.2) is 24.3 Å². The molecule has 4 nitrogen and oxygen atoms in total. The molecule has 3 N–H and O–H groups in total. The van der Waals surface area contributed by atoms with E-state index in [1.165, 1.54) is 0 Å². The largest absolute Gasteiger partial charge is 0.393 e. The van der Waals surface area contributed by atoms with Gasteiger partial charge in [0.25, 0.3) is 5.91 Å². The van der Waals surface area contributed by atoms with Gasteiger partial charge in [-0.25, -0.2) is 0 Å². The predicted molar refractivity (Wildman–Crippen MR) is 80.9 cm³/mol. The van der Waals surface area contributed by atoms with E-state index in [1.807, 2.05) is 24.3 Å². The van der Waals surface area contributed by atoms with Gasteiger partial charge in [0.2, 0.25) is 0 Å². The van der Waals surface area contributed by atoms with Crippen molar-refractivity contribution in [2.24, 2.45) is 0 Å². The van der Waals surface area contributed by atoms with Crippen LogP contribution in [-0.4, -0.2) is 29.2 Å². The van der Waals surface area contributed by atoms with E-state index < -0.39 is 0 Å². The lowest BCUT2D eigenvalue weighted by molar-refractivity contribution is 0.0868. The third-order valence-corrected chi connectivity index (χ3v) is 3.65. The van der Waals surface area contributed by atoms with E-state index in [0.717, 1.165) is 31.4 Å². The van der Waals surface area contributed by atoms with Crippen LogP contribution >= 0.6 is 0 Å². The molecule has 1 fully saturated rings. The Kier molecular flexibility index (Phi) is 5.01. The first kappa shape index (κ1) is 14.9. The average molecular weight is 276 g/mol. The SMILES string of the molecule is CC(C)Nc1ccccc1C(=O)NC1CCC(O)CC1. The second kappa shape index (κ2) is 6.75. The van der Waals surface area contributed by atoms with Gasteiger partial charge in [-0.15, -0.1) is 0 Å². The molecular weight excluding hydrogens is 252 g/mol. The van der Waals surface area contributed by atoms with Crippen molar-refractivity contribution >= 4 is 11.6 Å². The maximum Gasteiger partial charge on any atom is 0.253 e. The Bertz CT molecular complexity index is 452. The lowest BCUT2D eigenvalue weighted by Crippen LogP contribution is -2.38. The van der Waals surface area contributed by atoms with Crippen LogP contribution < -0.4 is 10.6 Å². The first-order chi connectivity index (χ1) is 9.56. The molecule has 0 bridgehead atoms. The fourth-order valence-electron chi connectivity index (χ4n) is 2.60. The van der Waals surface area contributed by atoms with E-state index in [0.29, 0.717) is 5.56 Å². The number of para-hydroxylation sites is 1. The number of nitrogens with one attached hydrogen (secondary N) is 2. The topological polar surface area (TPSA) is 61.4 Å². The summed E-state index contributed by atoms with van der Waals surface area (Å²) in [6.07, 6.45) is 3.06. The zero-order valence-corrected chi connectivity index (χ0v) is 12.2. The fourth-order valence-corrected chi connectivity index (χ4v) is 2.60. The zero-order chi connectivity index (χ0) is 14.5. The highest BCUT2D eigenvalue weighted by Gasteiger charge is 2.22. The summed E-state index contributed by atoms with van der Waals surface area (Å²) in [7, 11) is 0. The van der Waals surface area contributed by atoms with Crippen LogP contribution in [0.5, 0.6) is 0 Å². The summed E-state index contributed by atoms with van der Waals surface area (Å²) < 4.78 is 0. The normalized spacial score (nSPS) is 22.6. The molecule has 0 heterocycles. The molecule has 110 valence electrons. The number of carbonyl (C=O) groups excluding carboxylic acids is 1. The van der Waals surface area contributed by atoms with Crippen molar-refractivity contribution in [3.63, 3.8) is 0 Å². The van der Waals surface area contributed by atoms with Crippen molar-refractivity contribution in [3.8, 4) is 0 Å². The molecule has 1 aliphatic carbocycles. The van der Waals surface area contributed by atoms with Crippen LogP contribution in [0, 0.1) is 0 Å². The molecule has 1 aromatic carbocycles. The number of amides is 1. The van der Waals surface area contributed by atoms with Crippen molar-refractivity contribution in [1.29, 1.82) is 0 Å². The van der Waals surface area contributed by atoms with E-state index >= 15 is 0 Å². The molecule has 1 aliphatic rings. The standard InChI is InChI=1S/C16H24N2O2/c1-11(2)17-15-6-4-3-5-14(15)16(20)18-12-7-9-13(19)10-8-12/h3-6,11-13,17,19H,7-10H2,1-2H3,(H,18,20). The van der Waals surface area contributed by atoms with Gasteiger partial charge in [0.05, 0.1) is 11.7 Å². The van der Waals surface area contributed by atoms with E-state index in [2.05, 4.69) is 24.5 Å². The molecule has 0 atom stereocenters. The molecule has 4 heteroatoms. The molecule has 0 aliphatic heterocycles. The minimum atomic E-state index is -0.196. The summed E-state index contributed by atoms with van der Waals surface area (Å²) in [5.41, 5.74) is 1.56. The molecule has 0 spiro atoms. The summed E-state index contributed by atoms with van der Waals surface area (Å²) in [6, 6.07) is 8.05. The maximum atomic E-state index is 12.4. The molecule has 0 unspecified atom stereocenters. The lowest BCUT2D eigenvalue weighted by atomic mass is 9.93. The summed E-state index contributed by atoms with van der Waals surface area (Å²) in [4.78, 5) is 12.4. The number of hydrogen-bond acceptors (Lipinski definition) is 3. The summed E-state index contributed by atoms with van der Waals surface area (Å²) in [5, 5.41) is 15.9. The van der Waals surface area contributed by atoms with Crippen LogP contribution in [0.25, 0.3) is 0 Å². The van der Waals surface area contributed by atoms with Crippen LogP contribution in [0.2, 0.25) is 0 Å². The Morgan fingerprint density at radius 1 is 1.20 bits per heavy atom. The van der Waals surface area contributed by atoms with Gasteiger partial charge in [-0.1, -0.05) is 12.1 Å². The number of rotatable bonds is 4. The van der Waals surface area contributed by atoms with Crippen LogP contribution in [0.3, 0.4) is 0 Å². The highest BCUT2D eigenvalue weighted by atomic mass is 16.3. The number of anilines is 1. The van der Waals surface area contributed by atoms with E-state index in [1.54, 1.807) is 0 Å². The molecule has 1 saturated carbocycles. The van der Waals surface area contributed by atoms with Crippen LogP contribution in [0.4, 0.5) is 5.69 Å². The third-order valence-electron chi connectivity index (χ3n) is 3.65. The highest BCUT2D eigenvalue weighted by molar-refractivity contribution is 5.99. The Morgan fingerprint density at radius 3 is 2.50 bits per heavy atom. The Morgan fingerprint density at radius 2 is 1.85 bits per heavy atom. The second-order valence-corrected chi connectivity index (χ2v) is 5.82. The summed E-state index contributed by atoms with van der Waals surface area (Å²) in [5.74, 6) is -0.0323. The van der Waals surface area contributed by atoms with Crippen LogP contribution in [-0.2, 0) is 0 Å². The monoisotopic (exact) mass is 276 g/mol. The summed E-state index contributed by atoms with van der Waals surface area (Å²) >= 11 is 0. The van der Waals surface area contributed by atoms with Gasteiger partial charge >= 0.3 is 0 Å². The minimum Gasteiger partial charge on any atom is -0.393 e. The molecule has 1 aromatic rings. The first-order valence-electron chi connectivity index (χ1n) is 7.40. The van der Waals surface area contributed by atoms with Crippen LogP contribution in [0.1, 0.15) is 49.9 Å². The first-order valence-corrected chi connectivity index (χ1v) is 7.40. The van der Waals surface area contributed by atoms with E-state index in [-0.39, 0.29) is 24.1 Å². The van der Waals surface area contributed by atoms with Gasteiger partial charge in [0, 0.05) is 17.8 Å². The van der Waals surface area contributed by atoms with E-state index in [9.17, 15) is 9.90 Å². The zero-order valence-electron chi connectivity index (χ0n) is 12.2. The van der Waals surface area contributed by atoms with Gasteiger partial charge in [-0.05, 0) is 51.7 Å². The van der Waals surface area contributed by atoms with Gasteiger partial charge in [-0.3, -0.25) is 4.79 Å². The van der Waals surface area contributed by atoms with Crippen molar-refractivity contribution in [3.05, 3.63) is 29.8 Å². The number of aliphatic hydroxyl groups excluding tert-OH is 1. The van der Waals surface area contributed by atoms with Crippen molar-refractivity contribution < 1.29 is 9.90 Å². The quantitative estimate of drug-likeness (QED) is 0.792. The van der Waals surface area contributed by atoms with Crippen molar-refractivity contribution in [2.45, 2.75) is 57.7 Å². The number of carbonyl (C=O) groups is 1. The van der Waals surface area contributed by atoms with Gasteiger partial charge in [0.1, 0.15) is 0 Å². The Hall–Kier alpha value is -1.55. The van der Waals surface area contributed by atoms with Gasteiger partial charge < -0.3 is 15.7 Å².